The van der Waals surface area contributed by atoms with Crippen LogP contribution < -0.4 is 0 Å². The molecule has 0 heterocycles. The molecule has 0 unspecified atom stereocenters. The monoisotopic (exact) mass is 164 g/mol. The van der Waals surface area contributed by atoms with E-state index in [1.54, 1.807) is 12.2 Å². The van der Waals surface area contributed by atoms with Gasteiger partial charge in [-0.2, -0.15) is 0 Å². The summed E-state index contributed by atoms with van der Waals surface area (Å²) < 4.78 is 0. The molecule has 2 nitrogen and oxygen atoms in total. The summed E-state index contributed by atoms with van der Waals surface area (Å²) in [6, 6.07) is 0. The molecule has 0 rings (SSSR count). The molecule has 0 radical (unpaired) electrons. The zero-order valence-corrected chi connectivity index (χ0v) is 6.90. The minimum Gasteiger partial charge on any atom is -0.303 e. The van der Waals surface area contributed by atoms with Crippen LogP contribution in [0.4, 0.5) is 0 Å². The van der Waals surface area contributed by atoms with Gasteiger partial charge in [-0.05, 0) is 18.6 Å². The fraction of sp³-hybridized carbons (Fsp3) is 0.300. The van der Waals surface area contributed by atoms with E-state index >= 15 is 0 Å². The standard InChI is InChI=1S/C10H12O2/c11-9-7-5-3-1-2-4-6-8-10-12/h1-3,6,9-10H,5,7-8H2/b3-1+. The van der Waals surface area contributed by atoms with Gasteiger partial charge in [0, 0.05) is 12.8 Å². The van der Waals surface area contributed by atoms with Crippen molar-refractivity contribution in [2.24, 2.45) is 0 Å². The first-order valence-corrected chi connectivity index (χ1v) is 3.85. The topological polar surface area (TPSA) is 34.1 Å². The number of aldehydes is 2. The van der Waals surface area contributed by atoms with Gasteiger partial charge in [0.2, 0.25) is 0 Å². The van der Waals surface area contributed by atoms with E-state index in [2.05, 4.69) is 5.73 Å². The first-order chi connectivity index (χ1) is 5.91. The molecule has 0 atom stereocenters. The molecule has 0 fully saturated rings. The molecule has 0 aliphatic heterocycles. The lowest BCUT2D eigenvalue weighted by molar-refractivity contribution is -0.108. The van der Waals surface area contributed by atoms with Crippen molar-refractivity contribution in [2.75, 3.05) is 0 Å². The van der Waals surface area contributed by atoms with Crippen LogP contribution in [0.5, 0.6) is 0 Å². The molecule has 0 aliphatic carbocycles. The molecule has 0 aromatic rings. The van der Waals surface area contributed by atoms with Crippen LogP contribution in [0.25, 0.3) is 0 Å². The van der Waals surface area contributed by atoms with Crippen molar-refractivity contribution >= 4 is 12.6 Å². The van der Waals surface area contributed by atoms with Gasteiger partial charge in [-0.1, -0.05) is 12.2 Å². The largest absolute Gasteiger partial charge is 0.303 e. The second-order valence-electron chi connectivity index (χ2n) is 2.11. The van der Waals surface area contributed by atoms with Crippen molar-refractivity contribution in [2.45, 2.75) is 19.3 Å². The second-order valence-corrected chi connectivity index (χ2v) is 2.11. The smallest absolute Gasteiger partial charge is 0.124 e. The summed E-state index contributed by atoms with van der Waals surface area (Å²) in [7, 11) is 0. The molecule has 0 saturated heterocycles. The Morgan fingerprint density at radius 1 is 1.08 bits per heavy atom. The van der Waals surface area contributed by atoms with Gasteiger partial charge in [0.1, 0.15) is 12.6 Å². The third-order valence-electron chi connectivity index (χ3n) is 1.11. The predicted octanol–water partition coefficient (Wildman–Crippen LogP) is 1.82. The van der Waals surface area contributed by atoms with Crippen LogP contribution in [-0.4, -0.2) is 12.6 Å². The fourth-order valence-corrected chi connectivity index (χ4v) is 0.568. The minimum absolute atomic E-state index is 0.401. The van der Waals surface area contributed by atoms with E-state index in [1.807, 2.05) is 12.2 Å². The van der Waals surface area contributed by atoms with Crippen LogP contribution in [0.1, 0.15) is 19.3 Å². The highest BCUT2D eigenvalue weighted by molar-refractivity contribution is 5.51. The van der Waals surface area contributed by atoms with Gasteiger partial charge >= 0.3 is 0 Å². The van der Waals surface area contributed by atoms with Gasteiger partial charge in [0.15, 0.2) is 0 Å². The molecule has 12 heavy (non-hydrogen) atoms. The van der Waals surface area contributed by atoms with Crippen LogP contribution in [0.2, 0.25) is 0 Å². The van der Waals surface area contributed by atoms with Crippen LogP contribution in [0, 0.1) is 0 Å². The lowest BCUT2D eigenvalue weighted by Gasteiger charge is -1.77. The molecule has 0 aromatic heterocycles. The van der Waals surface area contributed by atoms with Crippen LogP contribution in [-0.2, 0) is 9.59 Å². The number of carbonyl (C=O) groups is 2. The summed E-state index contributed by atoms with van der Waals surface area (Å²) in [5.41, 5.74) is 2.81. The summed E-state index contributed by atoms with van der Waals surface area (Å²) in [6.45, 7) is 0. The average molecular weight is 164 g/mol. The maximum Gasteiger partial charge on any atom is 0.124 e. The van der Waals surface area contributed by atoms with Crippen molar-refractivity contribution in [1.82, 2.24) is 0 Å². The highest BCUT2D eigenvalue weighted by Gasteiger charge is 1.74. The Kier molecular flexibility index (Phi) is 8.48. The number of rotatable bonds is 6. The Bertz CT molecular complexity index is 208. The maximum absolute atomic E-state index is 9.87. The molecular weight excluding hydrogens is 152 g/mol. The zero-order valence-electron chi connectivity index (χ0n) is 6.90. The quantitative estimate of drug-likeness (QED) is 0.260. The second kappa shape index (κ2) is 9.60. The minimum atomic E-state index is 0.401. The van der Waals surface area contributed by atoms with E-state index in [-0.39, 0.29) is 0 Å². The third kappa shape index (κ3) is 8.60. The van der Waals surface area contributed by atoms with Gasteiger partial charge < -0.3 is 9.59 Å². The molecule has 0 N–H and O–H groups in total. The number of hydrogen-bond donors (Lipinski definition) is 0. The fourth-order valence-electron chi connectivity index (χ4n) is 0.568. The van der Waals surface area contributed by atoms with E-state index in [0.29, 0.717) is 12.8 Å². The van der Waals surface area contributed by atoms with E-state index in [9.17, 15) is 9.59 Å². The van der Waals surface area contributed by atoms with Crippen LogP contribution in [0.15, 0.2) is 30.0 Å². The first kappa shape index (κ1) is 10.6. The molecule has 2 heteroatoms. The lowest BCUT2D eigenvalue weighted by atomic mass is 10.3. The van der Waals surface area contributed by atoms with Crippen molar-refractivity contribution in [3.05, 3.63) is 30.0 Å². The van der Waals surface area contributed by atoms with E-state index in [1.165, 1.54) is 0 Å². The Morgan fingerprint density at radius 2 is 1.92 bits per heavy atom. The number of hydrogen-bond acceptors (Lipinski definition) is 2. The molecular formula is C10H12O2. The van der Waals surface area contributed by atoms with Crippen molar-refractivity contribution < 1.29 is 9.59 Å². The zero-order chi connectivity index (χ0) is 9.07. The summed E-state index contributed by atoms with van der Waals surface area (Å²) in [5, 5.41) is 0. The van der Waals surface area contributed by atoms with E-state index < -0.39 is 0 Å². The summed E-state index contributed by atoms with van der Waals surface area (Å²) in [4.78, 5) is 19.7. The predicted molar refractivity (Wildman–Crippen MR) is 47.8 cm³/mol. The SMILES string of the molecule is O=CCC=C=C/C=C/CCC=O. The maximum atomic E-state index is 9.87. The van der Waals surface area contributed by atoms with Crippen molar-refractivity contribution in [1.29, 1.82) is 0 Å². The normalized spacial score (nSPS) is 9.00. The third-order valence-corrected chi connectivity index (χ3v) is 1.11. The van der Waals surface area contributed by atoms with Crippen LogP contribution >= 0.6 is 0 Å². The summed E-state index contributed by atoms with van der Waals surface area (Å²) in [5.74, 6) is 0. The Morgan fingerprint density at radius 3 is 2.58 bits per heavy atom. The van der Waals surface area contributed by atoms with E-state index in [0.717, 1.165) is 19.0 Å². The Balaban J connectivity index is 3.50. The van der Waals surface area contributed by atoms with Crippen molar-refractivity contribution in [3.8, 4) is 0 Å². The molecule has 0 aromatic carbocycles. The Hall–Kier alpha value is -1.40. The van der Waals surface area contributed by atoms with Gasteiger partial charge in [-0.3, -0.25) is 0 Å². The van der Waals surface area contributed by atoms with Gasteiger partial charge in [0.05, 0.1) is 0 Å². The molecule has 0 aliphatic rings. The molecule has 0 spiro atoms. The van der Waals surface area contributed by atoms with Crippen molar-refractivity contribution in [3.63, 3.8) is 0 Å². The average Bonchev–Trinajstić information content (AvgIpc) is 2.10. The molecule has 0 bridgehead atoms. The van der Waals surface area contributed by atoms with Crippen LogP contribution in [0.3, 0.4) is 0 Å². The molecule has 0 amide bonds. The molecule has 64 valence electrons. The van der Waals surface area contributed by atoms with Gasteiger partial charge in [0.25, 0.3) is 0 Å². The van der Waals surface area contributed by atoms with Gasteiger partial charge in [-0.15, -0.1) is 5.73 Å². The number of unbranched alkanes of at least 4 members (excludes halogenated alkanes) is 1. The lowest BCUT2D eigenvalue weighted by Crippen LogP contribution is -1.68. The highest BCUT2D eigenvalue weighted by atomic mass is 16.1. The summed E-state index contributed by atoms with van der Waals surface area (Å²) >= 11 is 0. The Labute approximate surface area is 72.3 Å². The van der Waals surface area contributed by atoms with Gasteiger partial charge in [-0.25, -0.2) is 0 Å². The number of carbonyl (C=O) groups excluding carboxylic acids is 2. The number of allylic oxidation sites excluding steroid dienone is 3. The first-order valence-electron chi connectivity index (χ1n) is 3.85. The van der Waals surface area contributed by atoms with E-state index in [4.69, 9.17) is 0 Å². The summed E-state index contributed by atoms with van der Waals surface area (Å²) in [6.07, 6.45) is 10.5. The molecule has 0 saturated carbocycles. The highest BCUT2D eigenvalue weighted by Crippen LogP contribution is 1.86.